The maximum atomic E-state index is 10.4. The van der Waals surface area contributed by atoms with E-state index in [4.69, 9.17) is 5.73 Å². The zero-order chi connectivity index (χ0) is 8.55. The number of anilines is 1. The number of aldehydes is 1. The van der Waals surface area contributed by atoms with Gasteiger partial charge in [0.2, 0.25) is 0 Å². The third-order valence-electron chi connectivity index (χ3n) is 1.76. The van der Waals surface area contributed by atoms with E-state index in [0.717, 1.165) is 22.1 Å². The lowest BCUT2D eigenvalue weighted by molar-refractivity contribution is 0.112. The van der Waals surface area contributed by atoms with E-state index in [1.165, 1.54) is 0 Å². The van der Waals surface area contributed by atoms with Gasteiger partial charge in [-0.15, -0.1) is 11.3 Å². The first-order valence-electron chi connectivity index (χ1n) is 3.53. The van der Waals surface area contributed by atoms with Crippen molar-refractivity contribution in [3.05, 3.63) is 29.1 Å². The summed E-state index contributed by atoms with van der Waals surface area (Å²) in [6.07, 6.45) is 0.830. The number of nitrogens with two attached hydrogens (primary N) is 1. The van der Waals surface area contributed by atoms with Gasteiger partial charge in [-0.1, -0.05) is 6.07 Å². The number of hydrogen-bond acceptors (Lipinski definition) is 3. The van der Waals surface area contributed by atoms with E-state index in [1.54, 1.807) is 17.4 Å². The van der Waals surface area contributed by atoms with Crippen molar-refractivity contribution in [2.45, 2.75) is 0 Å². The van der Waals surface area contributed by atoms with Gasteiger partial charge >= 0.3 is 0 Å². The second-order valence-corrected chi connectivity index (χ2v) is 3.48. The number of hydrogen-bond donors (Lipinski definition) is 1. The van der Waals surface area contributed by atoms with Crippen LogP contribution in [-0.4, -0.2) is 6.29 Å². The largest absolute Gasteiger partial charge is 0.398 e. The molecule has 0 saturated heterocycles. The van der Waals surface area contributed by atoms with Crippen LogP contribution in [0.2, 0.25) is 0 Å². The van der Waals surface area contributed by atoms with E-state index in [1.807, 2.05) is 17.5 Å². The first-order valence-corrected chi connectivity index (χ1v) is 4.41. The van der Waals surface area contributed by atoms with Gasteiger partial charge in [0.05, 0.1) is 5.69 Å². The van der Waals surface area contributed by atoms with Gasteiger partial charge in [-0.05, 0) is 12.1 Å². The quantitative estimate of drug-likeness (QED) is 0.679. The Morgan fingerprint density at radius 2 is 2.25 bits per heavy atom. The SMILES string of the molecule is Nc1csc2ccc(C=O)cc12. The van der Waals surface area contributed by atoms with E-state index >= 15 is 0 Å². The Morgan fingerprint density at radius 1 is 1.42 bits per heavy atom. The molecule has 2 nitrogen and oxygen atoms in total. The van der Waals surface area contributed by atoms with Crippen LogP contribution >= 0.6 is 11.3 Å². The highest BCUT2D eigenvalue weighted by atomic mass is 32.1. The van der Waals surface area contributed by atoms with Crippen LogP contribution in [0.4, 0.5) is 5.69 Å². The fourth-order valence-electron chi connectivity index (χ4n) is 1.14. The molecule has 0 radical (unpaired) electrons. The monoisotopic (exact) mass is 177 g/mol. The minimum Gasteiger partial charge on any atom is -0.398 e. The van der Waals surface area contributed by atoms with Crippen LogP contribution in [0.15, 0.2) is 23.6 Å². The maximum absolute atomic E-state index is 10.4. The molecule has 1 aromatic carbocycles. The molecular weight excluding hydrogens is 170 g/mol. The molecule has 0 unspecified atom stereocenters. The molecule has 0 aliphatic carbocycles. The minimum absolute atomic E-state index is 0.674. The Hall–Kier alpha value is -1.35. The van der Waals surface area contributed by atoms with Crippen molar-refractivity contribution in [1.29, 1.82) is 0 Å². The number of nitrogen functional groups attached to an aromatic ring is 1. The van der Waals surface area contributed by atoms with Gasteiger partial charge in [0.15, 0.2) is 0 Å². The summed E-state index contributed by atoms with van der Waals surface area (Å²) in [4.78, 5) is 10.4. The number of benzene rings is 1. The maximum Gasteiger partial charge on any atom is 0.150 e. The van der Waals surface area contributed by atoms with Gasteiger partial charge in [-0.3, -0.25) is 4.79 Å². The molecule has 1 aromatic heterocycles. The highest BCUT2D eigenvalue weighted by molar-refractivity contribution is 7.17. The van der Waals surface area contributed by atoms with Gasteiger partial charge < -0.3 is 5.73 Å². The first kappa shape index (κ1) is 7.31. The lowest BCUT2D eigenvalue weighted by Gasteiger charge is -1.92. The summed E-state index contributed by atoms with van der Waals surface area (Å²) >= 11 is 1.59. The Balaban J connectivity index is 2.79. The van der Waals surface area contributed by atoms with Crippen LogP contribution in [0.25, 0.3) is 10.1 Å². The van der Waals surface area contributed by atoms with Crippen molar-refractivity contribution in [1.82, 2.24) is 0 Å². The molecule has 0 spiro atoms. The smallest absolute Gasteiger partial charge is 0.150 e. The minimum atomic E-state index is 0.674. The normalized spacial score (nSPS) is 10.3. The van der Waals surface area contributed by atoms with E-state index in [-0.39, 0.29) is 0 Å². The topological polar surface area (TPSA) is 43.1 Å². The summed E-state index contributed by atoms with van der Waals surface area (Å²) < 4.78 is 1.12. The third kappa shape index (κ3) is 0.987. The highest BCUT2D eigenvalue weighted by Gasteiger charge is 2.00. The molecule has 12 heavy (non-hydrogen) atoms. The molecule has 2 aromatic rings. The van der Waals surface area contributed by atoms with Crippen molar-refractivity contribution in [2.75, 3.05) is 5.73 Å². The standard InChI is InChI=1S/C9H7NOS/c10-8-5-12-9-2-1-6(4-11)3-7(8)9/h1-5H,10H2. The summed E-state index contributed by atoms with van der Waals surface area (Å²) in [5.41, 5.74) is 7.12. The predicted molar refractivity (Wildman–Crippen MR) is 51.6 cm³/mol. The Morgan fingerprint density at radius 3 is 3.00 bits per heavy atom. The molecule has 0 amide bonds. The van der Waals surface area contributed by atoms with Crippen molar-refractivity contribution >= 4 is 33.4 Å². The molecule has 0 aliphatic rings. The Kier molecular flexibility index (Phi) is 1.59. The molecule has 1 heterocycles. The number of thiophene rings is 1. The van der Waals surface area contributed by atoms with Crippen molar-refractivity contribution < 1.29 is 4.79 Å². The number of fused-ring (bicyclic) bond motifs is 1. The van der Waals surface area contributed by atoms with Crippen molar-refractivity contribution in [2.24, 2.45) is 0 Å². The fraction of sp³-hybridized carbons (Fsp3) is 0. The van der Waals surface area contributed by atoms with Crippen LogP contribution in [0.5, 0.6) is 0 Å². The predicted octanol–water partition coefficient (Wildman–Crippen LogP) is 2.30. The molecule has 0 aliphatic heterocycles. The van der Waals surface area contributed by atoms with Gasteiger partial charge in [0.1, 0.15) is 6.29 Å². The average molecular weight is 177 g/mol. The number of carbonyl (C=O) groups excluding carboxylic acids is 1. The Labute approximate surface area is 73.6 Å². The van der Waals surface area contributed by atoms with E-state index in [0.29, 0.717) is 5.56 Å². The lowest BCUT2D eigenvalue weighted by atomic mass is 10.2. The second kappa shape index (κ2) is 2.60. The summed E-state index contributed by atoms with van der Waals surface area (Å²) in [6, 6.07) is 5.53. The summed E-state index contributed by atoms with van der Waals surface area (Å²) in [5.74, 6) is 0. The Bertz CT molecular complexity index is 433. The second-order valence-electron chi connectivity index (χ2n) is 2.56. The number of carbonyl (C=O) groups is 1. The van der Waals surface area contributed by atoms with E-state index in [9.17, 15) is 4.79 Å². The van der Waals surface area contributed by atoms with Crippen LogP contribution in [0, 0.1) is 0 Å². The van der Waals surface area contributed by atoms with Crippen molar-refractivity contribution in [3.63, 3.8) is 0 Å². The summed E-state index contributed by atoms with van der Waals surface area (Å²) in [5, 5.41) is 2.86. The molecule has 0 fully saturated rings. The lowest BCUT2D eigenvalue weighted by Crippen LogP contribution is -1.82. The first-order chi connectivity index (χ1) is 5.81. The zero-order valence-electron chi connectivity index (χ0n) is 6.28. The van der Waals surface area contributed by atoms with Crippen LogP contribution < -0.4 is 5.73 Å². The van der Waals surface area contributed by atoms with Gasteiger partial charge in [-0.25, -0.2) is 0 Å². The summed E-state index contributed by atoms with van der Waals surface area (Å²) in [7, 11) is 0. The fourth-order valence-corrected chi connectivity index (χ4v) is 1.97. The van der Waals surface area contributed by atoms with Crippen LogP contribution in [0.3, 0.4) is 0 Å². The summed E-state index contributed by atoms with van der Waals surface area (Å²) in [6.45, 7) is 0. The molecular formula is C9H7NOS. The third-order valence-corrected chi connectivity index (χ3v) is 2.75. The zero-order valence-corrected chi connectivity index (χ0v) is 7.10. The number of rotatable bonds is 1. The van der Waals surface area contributed by atoms with Gasteiger partial charge in [0.25, 0.3) is 0 Å². The van der Waals surface area contributed by atoms with Crippen molar-refractivity contribution in [3.8, 4) is 0 Å². The van der Waals surface area contributed by atoms with Gasteiger partial charge in [0, 0.05) is 21.0 Å². The van der Waals surface area contributed by atoms with E-state index in [2.05, 4.69) is 0 Å². The molecule has 0 saturated carbocycles. The van der Waals surface area contributed by atoms with E-state index < -0.39 is 0 Å². The van der Waals surface area contributed by atoms with Crippen LogP contribution in [0.1, 0.15) is 10.4 Å². The van der Waals surface area contributed by atoms with Crippen LogP contribution in [-0.2, 0) is 0 Å². The average Bonchev–Trinajstić information content (AvgIpc) is 2.47. The molecule has 2 N–H and O–H groups in total. The molecule has 2 rings (SSSR count). The highest BCUT2D eigenvalue weighted by Crippen LogP contribution is 2.28. The molecule has 0 bridgehead atoms. The molecule has 3 heteroatoms. The molecule has 0 atom stereocenters. The molecule has 60 valence electrons. The van der Waals surface area contributed by atoms with Gasteiger partial charge in [-0.2, -0.15) is 0 Å².